The molecule has 3 rings (SSSR count). The van der Waals surface area contributed by atoms with Gasteiger partial charge in [-0.25, -0.2) is 0 Å². The zero-order valence-electron chi connectivity index (χ0n) is 11.6. The number of rotatable bonds is 6. The number of hydrogen-bond donors (Lipinski definition) is 1. The summed E-state index contributed by atoms with van der Waals surface area (Å²) in [6.45, 7) is 2.33. The molecular formula is C14H16N2O3S2. The second kappa shape index (κ2) is 5.75. The summed E-state index contributed by atoms with van der Waals surface area (Å²) in [4.78, 5) is 13.7. The fourth-order valence-corrected chi connectivity index (χ4v) is 4.06. The standard InChI is InChI=1S/C14H16N2O3S2/c1-9(17)13-6-12(16(18)19)14(21-13)15(11-2-3-11)7-10-4-5-20-8-10/h4-6,8-9,11,17H,2-3,7H2,1H3/t9-/m0/s1. The molecule has 2 heterocycles. The minimum absolute atomic E-state index is 0.109. The first-order chi connectivity index (χ1) is 10.1. The van der Waals surface area contributed by atoms with Gasteiger partial charge in [0.05, 0.1) is 11.0 Å². The van der Waals surface area contributed by atoms with Crippen molar-refractivity contribution < 1.29 is 10.0 Å². The number of nitrogens with zero attached hydrogens (tertiary/aromatic N) is 2. The van der Waals surface area contributed by atoms with Crippen LogP contribution in [0.5, 0.6) is 0 Å². The molecule has 7 heteroatoms. The lowest BCUT2D eigenvalue weighted by Crippen LogP contribution is -2.24. The van der Waals surface area contributed by atoms with Gasteiger partial charge in [0.15, 0.2) is 5.00 Å². The van der Waals surface area contributed by atoms with Gasteiger partial charge in [-0.15, -0.1) is 11.3 Å². The minimum atomic E-state index is -0.676. The molecule has 1 aliphatic rings. The van der Waals surface area contributed by atoms with Gasteiger partial charge in [-0.2, -0.15) is 11.3 Å². The third-order valence-corrected chi connectivity index (χ3v) is 5.57. The monoisotopic (exact) mass is 324 g/mol. The molecule has 1 N–H and O–H groups in total. The fraction of sp³-hybridized carbons (Fsp3) is 0.429. The van der Waals surface area contributed by atoms with Crippen molar-refractivity contribution in [1.82, 2.24) is 0 Å². The Morgan fingerprint density at radius 1 is 1.57 bits per heavy atom. The summed E-state index contributed by atoms with van der Waals surface area (Å²) in [5.74, 6) is 0. The molecule has 0 spiro atoms. The van der Waals surface area contributed by atoms with Crippen molar-refractivity contribution in [2.24, 2.45) is 0 Å². The van der Waals surface area contributed by atoms with E-state index in [1.165, 1.54) is 23.0 Å². The molecule has 0 aliphatic heterocycles. The molecule has 5 nitrogen and oxygen atoms in total. The maximum Gasteiger partial charge on any atom is 0.304 e. The van der Waals surface area contributed by atoms with Crippen molar-refractivity contribution in [2.75, 3.05) is 4.90 Å². The Kier molecular flexibility index (Phi) is 3.97. The van der Waals surface area contributed by atoms with Crippen LogP contribution >= 0.6 is 22.7 Å². The average Bonchev–Trinajstić information content (AvgIpc) is 2.98. The number of aliphatic hydroxyl groups is 1. The Morgan fingerprint density at radius 3 is 2.86 bits per heavy atom. The van der Waals surface area contributed by atoms with Gasteiger partial charge in [-0.3, -0.25) is 10.1 Å². The summed E-state index contributed by atoms with van der Waals surface area (Å²) in [7, 11) is 0. The molecule has 0 saturated heterocycles. The van der Waals surface area contributed by atoms with Crippen LogP contribution in [0.1, 0.15) is 36.3 Å². The molecule has 1 saturated carbocycles. The largest absolute Gasteiger partial charge is 0.388 e. The van der Waals surface area contributed by atoms with Crippen LogP contribution in [0.15, 0.2) is 22.9 Å². The van der Waals surface area contributed by atoms with E-state index in [1.54, 1.807) is 18.3 Å². The van der Waals surface area contributed by atoms with Gasteiger partial charge in [0.25, 0.3) is 0 Å². The summed E-state index contributed by atoms with van der Waals surface area (Å²) < 4.78 is 0. The molecule has 0 radical (unpaired) electrons. The van der Waals surface area contributed by atoms with Crippen molar-refractivity contribution in [3.63, 3.8) is 0 Å². The maximum atomic E-state index is 11.3. The normalized spacial score (nSPS) is 15.9. The molecule has 0 amide bonds. The highest BCUT2D eigenvalue weighted by atomic mass is 32.1. The summed E-state index contributed by atoms with van der Waals surface area (Å²) in [5.41, 5.74) is 1.28. The molecule has 1 atom stereocenters. The van der Waals surface area contributed by atoms with Crippen LogP contribution < -0.4 is 4.90 Å². The van der Waals surface area contributed by atoms with Crippen molar-refractivity contribution in [1.29, 1.82) is 0 Å². The number of aliphatic hydroxyl groups excluding tert-OH is 1. The molecular weight excluding hydrogens is 308 g/mol. The summed E-state index contributed by atoms with van der Waals surface area (Å²) in [6.07, 6.45) is 1.47. The van der Waals surface area contributed by atoms with Crippen molar-refractivity contribution in [3.05, 3.63) is 43.4 Å². The molecule has 1 fully saturated rings. The van der Waals surface area contributed by atoms with E-state index in [-0.39, 0.29) is 10.6 Å². The number of hydrogen-bond acceptors (Lipinski definition) is 6. The van der Waals surface area contributed by atoms with Gasteiger partial charge in [-0.1, -0.05) is 0 Å². The molecule has 2 aromatic heterocycles. The van der Waals surface area contributed by atoms with Crippen LogP contribution in [0.4, 0.5) is 10.7 Å². The van der Waals surface area contributed by atoms with Crippen LogP contribution in [-0.2, 0) is 6.54 Å². The van der Waals surface area contributed by atoms with Gasteiger partial charge < -0.3 is 10.0 Å². The SMILES string of the molecule is C[C@H](O)c1cc([N+](=O)[O-])c(N(Cc2ccsc2)C2CC2)s1. The summed E-state index contributed by atoms with van der Waals surface area (Å²) in [5, 5.41) is 25.8. The lowest BCUT2D eigenvalue weighted by atomic mass is 10.3. The smallest absolute Gasteiger partial charge is 0.304 e. The highest BCUT2D eigenvalue weighted by Crippen LogP contribution is 2.45. The Bertz CT molecular complexity index is 633. The lowest BCUT2D eigenvalue weighted by molar-refractivity contribution is -0.383. The van der Waals surface area contributed by atoms with Gasteiger partial charge in [-0.05, 0) is 42.2 Å². The molecule has 21 heavy (non-hydrogen) atoms. The van der Waals surface area contributed by atoms with Crippen molar-refractivity contribution in [2.45, 2.75) is 38.5 Å². The second-order valence-electron chi connectivity index (χ2n) is 5.26. The van der Waals surface area contributed by atoms with Crippen LogP contribution in [0, 0.1) is 10.1 Å². The van der Waals surface area contributed by atoms with Crippen LogP contribution in [0.3, 0.4) is 0 Å². The first kappa shape index (κ1) is 14.5. The first-order valence-electron chi connectivity index (χ1n) is 6.80. The third kappa shape index (κ3) is 3.09. The average molecular weight is 324 g/mol. The van der Waals surface area contributed by atoms with Gasteiger partial charge in [0, 0.05) is 23.5 Å². The van der Waals surface area contributed by atoms with Crippen LogP contribution in [0.2, 0.25) is 0 Å². The van der Waals surface area contributed by atoms with E-state index < -0.39 is 6.10 Å². The van der Waals surface area contributed by atoms with Gasteiger partial charge >= 0.3 is 5.69 Å². The van der Waals surface area contributed by atoms with E-state index in [9.17, 15) is 15.2 Å². The predicted molar refractivity (Wildman–Crippen MR) is 85.1 cm³/mol. The number of nitro groups is 1. The first-order valence-corrected chi connectivity index (χ1v) is 8.56. The van der Waals surface area contributed by atoms with Crippen molar-refractivity contribution >= 4 is 33.4 Å². The quantitative estimate of drug-likeness (QED) is 0.645. The van der Waals surface area contributed by atoms with E-state index in [0.717, 1.165) is 12.8 Å². The summed E-state index contributed by atoms with van der Waals surface area (Å²) in [6, 6.07) is 3.94. The van der Waals surface area contributed by atoms with E-state index >= 15 is 0 Å². The van der Waals surface area contributed by atoms with E-state index in [1.807, 2.05) is 5.38 Å². The maximum absolute atomic E-state index is 11.3. The molecule has 0 aromatic carbocycles. The summed E-state index contributed by atoms with van der Waals surface area (Å²) >= 11 is 2.96. The Hall–Kier alpha value is -1.44. The third-order valence-electron chi connectivity index (χ3n) is 3.50. The lowest BCUT2D eigenvalue weighted by Gasteiger charge is -2.21. The predicted octanol–water partition coefficient (Wildman–Crippen LogP) is 3.94. The van der Waals surface area contributed by atoms with E-state index in [4.69, 9.17) is 0 Å². The number of anilines is 1. The zero-order valence-corrected chi connectivity index (χ0v) is 13.2. The minimum Gasteiger partial charge on any atom is -0.388 e. The Balaban J connectivity index is 1.96. The van der Waals surface area contributed by atoms with Crippen LogP contribution in [0.25, 0.3) is 0 Å². The molecule has 2 aromatic rings. The Morgan fingerprint density at radius 2 is 2.33 bits per heavy atom. The topological polar surface area (TPSA) is 66.6 Å². The zero-order chi connectivity index (χ0) is 15.0. The number of thiophene rings is 2. The van der Waals surface area contributed by atoms with E-state index in [0.29, 0.717) is 22.5 Å². The van der Waals surface area contributed by atoms with E-state index in [2.05, 4.69) is 16.3 Å². The second-order valence-corrected chi connectivity index (χ2v) is 7.11. The highest BCUT2D eigenvalue weighted by molar-refractivity contribution is 7.16. The molecule has 112 valence electrons. The van der Waals surface area contributed by atoms with Crippen molar-refractivity contribution in [3.8, 4) is 0 Å². The van der Waals surface area contributed by atoms with Crippen LogP contribution in [-0.4, -0.2) is 16.1 Å². The van der Waals surface area contributed by atoms with Gasteiger partial charge in [0.1, 0.15) is 0 Å². The molecule has 0 bridgehead atoms. The Labute approximate surface area is 130 Å². The van der Waals surface area contributed by atoms with Gasteiger partial charge in [0.2, 0.25) is 0 Å². The molecule has 1 aliphatic carbocycles. The molecule has 0 unspecified atom stereocenters. The highest BCUT2D eigenvalue weighted by Gasteiger charge is 2.35. The fourth-order valence-electron chi connectivity index (χ4n) is 2.26.